The molecule has 0 bridgehead atoms. The molecule has 0 heterocycles. The molecule has 0 amide bonds. The average Bonchev–Trinajstić information content (AvgIpc) is 1.83. The fourth-order valence-corrected chi connectivity index (χ4v) is 0.430. The molecular formula is C6H16N4. The van der Waals surface area contributed by atoms with Crippen LogP contribution in [-0.4, -0.2) is 23.4 Å². The Kier molecular flexibility index (Phi) is 2.51. The fourth-order valence-electron chi connectivity index (χ4n) is 0.430. The van der Waals surface area contributed by atoms with E-state index in [0.29, 0.717) is 5.96 Å². The summed E-state index contributed by atoms with van der Waals surface area (Å²) in [5.74, 6) is 5.35. The van der Waals surface area contributed by atoms with Crippen LogP contribution in [0.5, 0.6) is 0 Å². The third kappa shape index (κ3) is 2.13. The van der Waals surface area contributed by atoms with Gasteiger partial charge in [-0.3, -0.25) is 0 Å². The molecule has 10 heavy (non-hydrogen) atoms. The van der Waals surface area contributed by atoms with Gasteiger partial charge in [0.15, 0.2) is 0 Å². The van der Waals surface area contributed by atoms with Crippen molar-refractivity contribution in [3.05, 3.63) is 0 Å². The molecular weight excluding hydrogens is 128 g/mol. The van der Waals surface area contributed by atoms with Gasteiger partial charge in [-0.1, -0.05) is 0 Å². The maximum absolute atomic E-state index is 5.45. The Labute approximate surface area is 61.9 Å². The number of nitrogens with zero attached hydrogens (tertiary/aromatic N) is 2. The molecule has 60 valence electrons. The van der Waals surface area contributed by atoms with Crippen LogP contribution < -0.4 is 11.6 Å². The number of guanidine groups is 1. The van der Waals surface area contributed by atoms with Crippen LogP contribution in [0.3, 0.4) is 0 Å². The summed E-state index contributed by atoms with van der Waals surface area (Å²) in [6.45, 7) is 6.10. The van der Waals surface area contributed by atoms with Gasteiger partial charge in [0, 0.05) is 12.6 Å². The summed E-state index contributed by atoms with van der Waals surface area (Å²) in [6.07, 6.45) is 0. The summed E-state index contributed by atoms with van der Waals surface area (Å²) in [5.41, 5.74) is 5.43. The van der Waals surface area contributed by atoms with Gasteiger partial charge in [-0.2, -0.15) is 0 Å². The lowest BCUT2D eigenvalue weighted by atomic mass is 10.1. The lowest BCUT2D eigenvalue weighted by Crippen LogP contribution is -2.46. The molecule has 0 saturated heterocycles. The van der Waals surface area contributed by atoms with Crippen LogP contribution in [0, 0.1) is 0 Å². The van der Waals surface area contributed by atoms with Crippen LogP contribution >= 0.6 is 0 Å². The van der Waals surface area contributed by atoms with Crippen molar-refractivity contribution in [2.24, 2.45) is 16.7 Å². The molecule has 0 spiro atoms. The predicted octanol–water partition coefficient (Wildman–Crippen LogP) is -0.0949. The van der Waals surface area contributed by atoms with E-state index in [4.69, 9.17) is 11.6 Å². The molecule has 0 aliphatic heterocycles. The van der Waals surface area contributed by atoms with Crippen molar-refractivity contribution < 1.29 is 0 Å². The molecule has 0 aromatic carbocycles. The summed E-state index contributed by atoms with van der Waals surface area (Å²) < 4.78 is 0. The van der Waals surface area contributed by atoms with Crippen molar-refractivity contribution in [3.63, 3.8) is 0 Å². The number of rotatable bonds is 0. The Morgan fingerprint density at radius 1 is 1.40 bits per heavy atom. The van der Waals surface area contributed by atoms with Crippen LogP contribution in [-0.2, 0) is 0 Å². The second-order valence-corrected chi connectivity index (χ2v) is 3.22. The van der Waals surface area contributed by atoms with Gasteiger partial charge < -0.3 is 16.5 Å². The Balaban J connectivity index is 4.23. The van der Waals surface area contributed by atoms with Gasteiger partial charge in [0.25, 0.3) is 0 Å². The molecule has 0 aliphatic carbocycles. The van der Waals surface area contributed by atoms with E-state index >= 15 is 0 Å². The van der Waals surface area contributed by atoms with Crippen molar-refractivity contribution in [1.82, 2.24) is 4.90 Å². The molecule has 0 aliphatic rings. The van der Waals surface area contributed by atoms with Crippen molar-refractivity contribution in [3.8, 4) is 0 Å². The average molecular weight is 144 g/mol. The smallest absolute Gasteiger partial charge is 0.213 e. The summed E-state index contributed by atoms with van der Waals surface area (Å²) in [5, 5.41) is 3.38. The molecule has 0 rings (SSSR count). The van der Waals surface area contributed by atoms with E-state index in [9.17, 15) is 0 Å². The van der Waals surface area contributed by atoms with Crippen LogP contribution in [0.25, 0.3) is 0 Å². The maximum Gasteiger partial charge on any atom is 0.213 e. The summed E-state index contributed by atoms with van der Waals surface area (Å²) >= 11 is 0. The van der Waals surface area contributed by atoms with Gasteiger partial charge in [0.1, 0.15) is 0 Å². The third-order valence-electron chi connectivity index (χ3n) is 1.48. The molecule has 0 atom stereocenters. The normalized spacial score (nSPS) is 13.4. The molecule has 0 aromatic heterocycles. The van der Waals surface area contributed by atoms with E-state index in [-0.39, 0.29) is 5.54 Å². The molecule has 4 N–H and O–H groups in total. The third-order valence-corrected chi connectivity index (χ3v) is 1.48. The van der Waals surface area contributed by atoms with E-state index in [1.165, 1.54) is 0 Å². The SMILES string of the molecule is CN(/C(N)=N/N)C(C)(C)C. The topological polar surface area (TPSA) is 67.6 Å². The quantitative estimate of drug-likeness (QED) is 0.216. The second kappa shape index (κ2) is 2.77. The van der Waals surface area contributed by atoms with Crippen molar-refractivity contribution >= 4 is 5.96 Å². The monoisotopic (exact) mass is 144 g/mol. The Hall–Kier alpha value is -0.930. The van der Waals surface area contributed by atoms with Crippen LogP contribution in [0.15, 0.2) is 5.10 Å². The molecule has 0 aromatic rings. The van der Waals surface area contributed by atoms with Gasteiger partial charge in [-0.05, 0) is 20.8 Å². The molecule has 0 radical (unpaired) electrons. The lowest BCUT2D eigenvalue weighted by Gasteiger charge is -2.32. The zero-order valence-corrected chi connectivity index (χ0v) is 7.05. The second-order valence-electron chi connectivity index (χ2n) is 3.22. The Morgan fingerprint density at radius 2 is 1.80 bits per heavy atom. The van der Waals surface area contributed by atoms with Gasteiger partial charge in [-0.25, -0.2) is 0 Å². The summed E-state index contributed by atoms with van der Waals surface area (Å²) in [7, 11) is 1.85. The van der Waals surface area contributed by atoms with Crippen molar-refractivity contribution in [1.29, 1.82) is 0 Å². The molecule has 0 saturated carbocycles. The van der Waals surface area contributed by atoms with Crippen LogP contribution in [0.2, 0.25) is 0 Å². The molecule has 4 nitrogen and oxygen atoms in total. The minimum atomic E-state index is -0.0209. The first-order chi connectivity index (χ1) is 4.39. The first-order valence-electron chi connectivity index (χ1n) is 3.16. The van der Waals surface area contributed by atoms with E-state index in [2.05, 4.69) is 5.10 Å². The Bertz CT molecular complexity index is 133. The predicted molar refractivity (Wildman–Crippen MR) is 43.3 cm³/mol. The molecule has 0 unspecified atom stereocenters. The number of hydrazone groups is 1. The highest BCUT2D eigenvalue weighted by Crippen LogP contribution is 2.08. The maximum atomic E-state index is 5.45. The number of hydrogen-bond donors (Lipinski definition) is 2. The van der Waals surface area contributed by atoms with E-state index in [0.717, 1.165) is 0 Å². The van der Waals surface area contributed by atoms with Crippen molar-refractivity contribution in [2.75, 3.05) is 7.05 Å². The van der Waals surface area contributed by atoms with Crippen molar-refractivity contribution in [2.45, 2.75) is 26.3 Å². The molecule has 0 fully saturated rings. The van der Waals surface area contributed by atoms with Crippen LogP contribution in [0.1, 0.15) is 20.8 Å². The largest absolute Gasteiger partial charge is 0.368 e. The first-order valence-corrected chi connectivity index (χ1v) is 3.16. The first kappa shape index (κ1) is 9.07. The molecule has 4 heteroatoms. The van der Waals surface area contributed by atoms with Gasteiger partial charge in [0.2, 0.25) is 5.96 Å². The van der Waals surface area contributed by atoms with E-state index in [1.807, 2.05) is 32.7 Å². The summed E-state index contributed by atoms with van der Waals surface area (Å²) in [4.78, 5) is 1.81. The van der Waals surface area contributed by atoms with E-state index in [1.54, 1.807) is 0 Å². The summed E-state index contributed by atoms with van der Waals surface area (Å²) in [6, 6.07) is 0. The highest BCUT2D eigenvalue weighted by molar-refractivity contribution is 5.78. The lowest BCUT2D eigenvalue weighted by molar-refractivity contribution is 0.278. The van der Waals surface area contributed by atoms with Crippen LogP contribution in [0.4, 0.5) is 0 Å². The zero-order chi connectivity index (χ0) is 8.36. The minimum absolute atomic E-state index is 0.0209. The number of hydrogen-bond acceptors (Lipinski definition) is 2. The number of nitrogens with two attached hydrogens (primary N) is 2. The Morgan fingerprint density at radius 3 is 1.90 bits per heavy atom. The van der Waals surface area contributed by atoms with E-state index < -0.39 is 0 Å². The standard InChI is InChI=1S/C6H16N4/c1-6(2,3)10(4)5(7)9-8/h8H2,1-4H3,(H2,7,9). The minimum Gasteiger partial charge on any atom is -0.368 e. The fraction of sp³-hybridized carbons (Fsp3) is 0.833. The highest BCUT2D eigenvalue weighted by atomic mass is 15.3. The highest BCUT2D eigenvalue weighted by Gasteiger charge is 2.18. The van der Waals surface area contributed by atoms with Gasteiger partial charge >= 0.3 is 0 Å². The van der Waals surface area contributed by atoms with Gasteiger partial charge in [-0.15, -0.1) is 5.10 Å². The zero-order valence-electron chi connectivity index (χ0n) is 7.05. The van der Waals surface area contributed by atoms with Gasteiger partial charge in [0.05, 0.1) is 0 Å².